The average molecular weight is 414 g/mol. The highest BCUT2D eigenvalue weighted by Crippen LogP contribution is 2.51. The molecule has 0 heterocycles. The van der Waals surface area contributed by atoms with Crippen molar-refractivity contribution < 1.29 is 44.3 Å². The number of fused-ring (bicyclic) bond motifs is 3. The number of benzene rings is 1. The molecule has 4 rings (SSSR count). The second-order valence-electron chi connectivity index (χ2n) is 7.84. The molecule has 3 aliphatic rings. The topological polar surface area (TPSA) is 178 Å². The number of nitrogens with zero attached hydrogens (tertiary/aromatic N) is 2. The van der Waals surface area contributed by atoms with Crippen LogP contribution in [0, 0.1) is 11.8 Å². The van der Waals surface area contributed by atoms with Crippen LogP contribution in [0.1, 0.15) is 34.6 Å². The molecule has 10 nitrogen and oxygen atoms in total. The van der Waals surface area contributed by atoms with E-state index in [9.17, 15) is 40.3 Å². The number of ketones is 2. The fraction of sp³-hybridized carbons (Fsp3) is 0.400. The Morgan fingerprint density at radius 3 is 2.47 bits per heavy atom. The van der Waals surface area contributed by atoms with E-state index in [4.69, 9.17) is 4.74 Å². The van der Waals surface area contributed by atoms with Gasteiger partial charge in [-0.3, -0.25) is 14.4 Å². The first kappa shape index (κ1) is 20.1. The fourth-order valence-corrected chi connectivity index (χ4v) is 4.74. The molecule has 0 aliphatic heterocycles. The Hall–Kier alpha value is -3.17. The standard InChI is InChI=1S/C20H18N2O8/c1-6(23)30-19-13-11(17(27)18(28)20(19,2)29)10-12(14(13)22-21)16(26)9-7(15(10)25)4-3-5-8(9)24/h3-5,10,12,17-19,24,27-29H,1-2H3/t10?,12?,17-,18+,19+,20+/m0/s1. The maximum Gasteiger partial charge on any atom is 0.310 e. The number of phenolic OH excluding ortho intramolecular Hbond substituents is 1. The molecule has 0 aromatic heterocycles. The van der Waals surface area contributed by atoms with Gasteiger partial charge in [-0.2, -0.15) is 4.79 Å². The Bertz CT molecular complexity index is 1100. The molecule has 30 heavy (non-hydrogen) atoms. The van der Waals surface area contributed by atoms with Gasteiger partial charge >= 0.3 is 11.7 Å². The molecule has 3 aliphatic carbocycles. The van der Waals surface area contributed by atoms with Crippen molar-refractivity contribution in [1.29, 1.82) is 0 Å². The molecule has 10 heteroatoms. The molecular formula is C20H18N2O8. The zero-order chi connectivity index (χ0) is 22.1. The first-order valence-corrected chi connectivity index (χ1v) is 9.16. The van der Waals surface area contributed by atoms with Crippen LogP contribution in [0.5, 0.6) is 5.75 Å². The van der Waals surface area contributed by atoms with Gasteiger partial charge in [0.05, 0.1) is 17.1 Å². The zero-order valence-electron chi connectivity index (χ0n) is 15.9. The molecular weight excluding hydrogens is 396 g/mol. The molecule has 0 amide bonds. The van der Waals surface area contributed by atoms with Crippen LogP contribution in [-0.4, -0.2) is 72.4 Å². The molecule has 1 aromatic rings. The van der Waals surface area contributed by atoms with E-state index >= 15 is 0 Å². The summed E-state index contributed by atoms with van der Waals surface area (Å²) in [6, 6.07) is 3.95. The molecule has 0 saturated heterocycles. The van der Waals surface area contributed by atoms with Crippen molar-refractivity contribution in [3.63, 3.8) is 0 Å². The van der Waals surface area contributed by atoms with Crippen molar-refractivity contribution in [3.05, 3.63) is 46.0 Å². The molecule has 0 saturated carbocycles. The molecule has 0 radical (unpaired) electrons. The van der Waals surface area contributed by atoms with Gasteiger partial charge in [0.1, 0.15) is 29.5 Å². The summed E-state index contributed by atoms with van der Waals surface area (Å²) in [5, 5.41) is 42.2. The van der Waals surface area contributed by atoms with E-state index in [1.807, 2.05) is 0 Å². The van der Waals surface area contributed by atoms with E-state index in [1.165, 1.54) is 18.2 Å². The predicted molar refractivity (Wildman–Crippen MR) is 97.6 cm³/mol. The highest BCUT2D eigenvalue weighted by atomic mass is 16.6. The molecule has 2 unspecified atom stereocenters. The molecule has 4 N–H and O–H groups in total. The van der Waals surface area contributed by atoms with Crippen molar-refractivity contribution >= 4 is 23.2 Å². The summed E-state index contributed by atoms with van der Waals surface area (Å²) < 4.78 is 5.17. The summed E-state index contributed by atoms with van der Waals surface area (Å²) in [6.45, 7) is 2.16. The van der Waals surface area contributed by atoms with Crippen LogP contribution in [0.2, 0.25) is 0 Å². The van der Waals surface area contributed by atoms with Crippen molar-refractivity contribution in [3.8, 4) is 5.75 Å². The number of carbonyl (C=O) groups is 3. The number of aliphatic hydroxyl groups is 3. The second-order valence-corrected chi connectivity index (χ2v) is 7.84. The lowest BCUT2D eigenvalue weighted by Crippen LogP contribution is -2.61. The Morgan fingerprint density at radius 1 is 1.20 bits per heavy atom. The molecule has 156 valence electrons. The number of esters is 1. The third-order valence-corrected chi connectivity index (χ3v) is 6.07. The number of aliphatic hydroxyl groups excluding tert-OH is 2. The summed E-state index contributed by atoms with van der Waals surface area (Å²) in [5.41, 5.74) is 6.41. The summed E-state index contributed by atoms with van der Waals surface area (Å²) in [4.78, 5) is 41.3. The first-order chi connectivity index (χ1) is 14.0. The second kappa shape index (κ2) is 6.41. The smallest absolute Gasteiger partial charge is 0.310 e. The van der Waals surface area contributed by atoms with Gasteiger partial charge in [0.15, 0.2) is 17.7 Å². The summed E-state index contributed by atoms with van der Waals surface area (Å²) >= 11 is 0. The van der Waals surface area contributed by atoms with Crippen LogP contribution < -0.4 is 0 Å². The van der Waals surface area contributed by atoms with Gasteiger partial charge in [0, 0.05) is 12.5 Å². The predicted octanol–water partition coefficient (Wildman–Crippen LogP) is -0.597. The quantitative estimate of drug-likeness (QED) is 0.267. The largest absolute Gasteiger partial charge is 0.507 e. The van der Waals surface area contributed by atoms with Gasteiger partial charge in [-0.05, 0) is 18.6 Å². The van der Waals surface area contributed by atoms with E-state index in [2.05, 4.69) is 4.79 Å². The fourth-order valence-electron chi connectivity index (χ4n) is 4.74. The Morgan fingerprint density at radius 2 is 1.87 bits per heavy atom. The minimum atomic E-state index is -2.21. The van der Waals surface area contributed by atoms with Crippen molar-refractivity contribution in [2.75, 3.05) is 0 Å². The number of ether oxygens (including phenoxy) is 1. The first-order valence-electron chi connectivity index (χ1n) is 9.16. The maximum atomic E-state index is 13.3. The number of phenols is 1. The lowest BCUT2D eigenvalue weighted by molar-refractivity contribution is -0.185. The summed E-state index contributed by atoms with van der Waals surface area (Å²) in [5.74, 6) is -5.45. The number of aromatic hydroxyl groups is 1. The minimum Gasteiger partial charge on any atom is -0.507 e. The third kappa shape index (κ3) is 2.39. The Labute approximate surface area is 169 Å². The van der Waals surface area contributed by atoms with Crippen LogP contribution in [0.3, 0.4) is 0 Å². The number of hydrogen-bond donors (Lipinski definition) is 4. The molecule has 6 atom stereocenters. The average Bonchev–Trinajstić information content (AvgIpc) is 3.03. The maximum absolute atomic E-state index is 13.3. The molecule has 0 bridgehead atoms. The number of rotatable bonds is 1. The highest BCUT2D eigenvalue weighted by molar-refractivity contribution is 6.29. The van der Waals surface area contributed by atoms with Gasteiger partial charge in [0.2, 0.25) is 0 Å². The Balaban J connectivity index is 2.01. The van der Waals surface area contributed by atoms with Crippen LogP contribution in [0.25, 0.3) is 5.53 Å². The number of hydrogen-bond acceptors (Lipinski definition) is 8. The van der Waals surface area contributed by atoms with Crippen molar-refractivity contribution in [1.82, 2.24) is 0 Å². The van der Waals surface area contributed by atoms with E-state index in [0.717, 1.165) is 13.8 Å². The Kier molecular flexibility index (Phi) is 4.30. The van der Waals surface area contributed by atoms with Gasteiger partial charge in [-0.25, -0.2) is 0 Å². The monoisotopic (exact) mass is 414 g/mol. The van der Waals surface area contributed by atoms with E-state index in [0.29, 0.717) is 0 Å². The van der Waals surface area contributed by atoms with Crippen LogP contribution >= 0.6 is 0 Å². The van der Waals surface area contributed by atoms with E-state index in [-0.39, 0.29) is 28.0 Å². The van der Waals surface area contributed by atoms with Crippen LogP contribution in [0.15, 0.2) is 29.3 Å². The third-order valence-electron chi connectivity index (χ3n) is 6.07. The van der Waals surface area contributed by atoms with E-state index in [1.54, 1.807) is 0 Å². The molecule has 0 spiro atoms. The number of Topliss-reactive ketones (excluding diaryl/α,β-unsaturated/α-hetero) is 2. The summed E-state index contributed by atoms with van der Waals surface area (Å²) in [6.07, 6.45) is -5.28. The molecule has 1 aromatic carbocycles. The van der Waals surface area contributed by atoms with E-state index < -0.39 is 59.0 Å². The van der Waals surface area contributed by atoms with Crippen LogP contribution in [0.4, 0.5) is 0 Å². The van der Waals surface area contributed by atoms with Gasteiger partial charge in [-0.1, -0.05) is 12.1 Å². The lowest BCUT2D eigenvalue weighted by Gasteiger charge is -2.43. The van der Waals surface area contributed by atoms with Gasteiger partial charge in [-0.15, -0.1) is 0 Å². The number of carbonyl (C=O) groups excluding carboxylic acids is 3. The van der Waals surface area contributed by atoms with Crippen LogP contribution in [-0.2, 0) is 9.53 Å². The SMILES string of the molecule is CC(=O)O[C@@H]1C2=C(C3C(=O)c4cccc(O)c4C(=O)C3C2=[N+]=[N-])[C@H](O)[C@@H](O)[C@@]1(C)O. The van der Waals surface area contributed by atoms with Gasteiger partial charge in [0.25, 0.3) is 0 Å². The van der Waals surface area contributed by atoms with Crippen molar-refractivity contribution in [2.45, 2.75) is 37.8 Å². The van der Waals surface area contributed by atoms with Crippen molar-refractivity contribution in [2.24, 2.45) is 11.8 Å². The molecule has 0 fully saturated rings. The zero-order valence-corrected chi connectivity index (χ0v) is 15.9. The summed E-state index contributed by atoms with van der Waals surface area (Å²) in [7, 11) is 0. The highest BCUT2D eigenvalue weighted by Gasteiger charge is 2.66. The lowest BCUT2D eigenvalue weighted by atomic mass is 9.70. The van der Waals surface area contributed by atoms with Gasteiger partial charge < -0.3 is 30.7 Å². The normalized spacial score (nSPS) is 34.8. The minimum absolute atomic E-state index is 0.0876.